The third-order valence-corrected chi connectivity index (χ3v) is 7.69. The summed E-state index contributed by atoms with van der Waals surface area (Å²) in [6.45, 7) is 7.25. The van der Waals surface area contributed by atoms with Crippen molar-refractivity contribution in [3.8, 4) is 0 Å². The van der Waals surface area contributed by atoms with Gasteiger partial charge in [-0.25, -0.2) is 12.7 Å². The summed E-state index contributed by atoms with van der Waals surface area (Å²) in [6, 6.07) is 0.244. The Balaban J connectivity index is 1.94. The number of hydrogen-bond donors (Lipinski definition) is 1. The summed E-state index contributed by atoms with van der Waals surface area (Å²) in [5.41, 5.74) is 0. The summed E-state index contributed by atoms with van der Waals surface area (Å²) in [7, 11) is -3.20. The molecule has 134 valence electrons. The highest BCUT2D eigenvalue weighted by atomic mass is 32.2. The fraction of sp³-hybridized carbons (Fsp3) is 0.941. The number of sulfonamides is 1. The molecular weight excluding hydrogens is 312 g/mol. The lowest BCUT2D eigenvalue weighted by atomic mass is 9.78. The fourth-order valence-electron chi connectivity index (χ4n) is 3.88. The third kappa shape index (κ3) is 4.69. The molecule has 2 rings (SSSR count). The van der Waals surface area contributed by atoms with E-state index in [9.17, 15) is 13.2 Å². The summed E-state index contributed by atoms with van der Waals surface area (Å²) in [5.74, 6) is 1.17. The third-order valence-electron chi connectivity index (χ3n) is 5.64. The molecule has 0 aromatic heterocycles. The Hall–Kier alpha value is -0.620. The number of hydrogen-bond acceptors (Lipinski definition) is 3. The standard InChI is InChI=1S/C17H32N2O3S/c1-4-11-23(21,22)19-10-6-8-15(12-19)17(20)18-16-9-5-7-13(2)14(16)3/h13-16H,4-12H2,1-3H3,(H,18,20)/t13-,14-,15+,16-/m1/s1. The number of carbonyl (C=O) groups is 1. The molecule has 6 heteroatoms. The van der Waals surface area contributed by atoms with E-state index in [1.807, 2.05) is 6.92 Å². The SMILES string of the molecule is CCCS(=O)(=O)N1CCC[C@H](C(=O)N[C@@H]2CCC[C@@H](C)[C@H]2C)C1. The molecule has 1 saturated carbocycles. The Morgan fingerprint density at radius 1 is 1.17 bits per heavy atom. The normalized spacial score (nSPS) is 33.3. The van der Waals surface area contributed by atoms with Crippen molar-refractivity contribution in [2.45, 2.75) is 65.3 Å². The van der Waals surface area contributed by atoms with Crippen molar-refractivity contribution in [1.29, 1.82) is 0 Å². The first kappa shape index (κ1) is 18.7. The lowest BCUT2D eigenvalue weighted by molar-refractivity contribution is -0.127. The lowest BCUT2D eigenvalue weighted by Crippen LogP contribution is -2.50. The van der Waals surface area contributed by atoms with Crippen molar-refractivity contribution in [3.05, 3.63) is 0 Å². The van der Waals surface area contributed by atoms with Gasteiger partial charge in [-0.3, -0.25) is 4.79 Å². The summed E-state index contributed by atoms with van der Waals surface area (Å²) in [4.78, 5) is 12.6. The largest absolute Gasteiger partial charge is 0.353 e. The lowest BCUT2D eigenvalue weighted by Gasteiger charge is -2.37. The van der Waals surface area contributed by atoms with Gasteiger partial charge in [0, 0.05) is 19.1 Å². The van der Waals surface area contributed by atoms with Crippen LogP contribution in [0.3, 0.4) is 0 Å². The monoisotopic (exact) mass is 344 g/mol. The molecule has 1 saturated heterocycles. The summed E-state index contributed by atoms with van der Waals surface area (Å²) < 4.78 is 26.0. The molecule has 1 aliphatic heterocycles. The quantitative estimate of drug-likeness (QED) is 0.833. The van der Waals surface area contributed by atoms with Crippen LogP contribution in [0.15, 0.2) is 0 Å². The Morgan fingerprint density at radius 2 is 1.91 bits per heavy atom. The highest BCUT2D eigenvalue weighted by molar-refractivity contribution is 7.89. The Kier molecular flexibility index (Phi) is 6.48. The van der Waals surface area contributed by atoms with Crippen LogP contribution < -0.4 is 5.32 Å². The van der Waals surface area contributed by atoms with Crippen molar-refractivity contribution in [2.75, 3.05) is 18.8 Å². The number of nitrogens with one attached hydrogen (secondary N) is 1. The van der Waals surface area contributed by atoms with Gasteiger partial charge in [0.15, 0.2) is 0 Å². The number of rotatable bonds is 5. The molecule has 2 fully saturated rings. The first-order valence-corrected chi connectivity index (χ1v) is 10.7. The molecular formula is C17H32N2O3S. The Bertz CT molecular complexity index is 506. The topological polar surface area (TPSA) is 66.5 Å². The Labute approximate surface area is 141 Å². The van der Waals surface area contributed by atoms with E-state index >= 15 is 0 Å². The molecule has 23 heavy (non-hydrogen) atoms. The van der Waals surface area contributed by atoms with Crippen LogP contribution in [-0.2, 0) is 14.8 Å². The maximum Gasteiger partial charge on any atom is 0.224 e. The molecule has 0 spiro atoms. The number of amides is 1. The number of carbonyl (C=O) groups excluding carboxylic acids is 1. The maximum absolute atomic E-state index is 12.6. The molecule has 1 heterocycles. The van der Waals surface area contributed by atoms with Gasteiger partial charge in [0.1, 0.15) is 0 Å². The second-order valence-electron chi connectivity index (χ2n) is 7.40. The molecule has 1 aliphatic carbocycles. The van der Waals surface area contributed by atoms with E-state index < -0.39 is 10.0 Å². The van der Waals surface area contributed by atoms with Crippen molar-refractivity contribution < 1.29 is 13.2 Å². The van der Waals surface area contributed by atoms with Crippen molar-refractivity contribution in [2.24, 2.45) is 17.8 Å². The van der Waals surface area contributed by atoms with E-state index in [-0.39, 0.29) is 23.6 Å². The molecule has 2 aliphatic rings. The van der Waals surface area contributed by atoms with Crippen LogP contribution in [0.25, 0.3) is 0 Å². The smallest absolute Gasteiger partial charge is 0.224 e. The molecule has 4 atom stereocenters. The first-order valence-electron chi connectivity index (χ1n) is 9.13. The van der Waals surface area contributed by atoms with Gasteiger partial charge in [-0.05, 0) is 37.5 Å². The van der Waals surface area contributed by atoms with E-state index in [4.69, 9.17) is 0 Å². The minimum Gasteiger partial charge on any atom is -0.353 e. The minimum atomic E-state index is -3.20. The van der Waals surface area contributed by atoms with E-state index in [2.05, 4.69) is 19.2 Å². The Morgan fingerprint density at radius 3 is 2.61 bits per heavy atom. The average molecular weight is 345 g/mol. The molecule has 0 aromatic carbocycles. The van der Waals surface area contributed by atoms with Crippen LogP contribution in [0, 0.1) is 17.8 Å². The van der Waals surface area contributed by atoms with Crippen LogP contribution in [0.1, 0.15) is 59.3 Å². The van der Waals surface area contributed by atoms with E-state index in [0.717, 1.165) is 25.7 Å². The van der Waals surface area contributed by atoms with Gasteiger partial charge in [0.25, 0.3) is 0 Å². The summed E-state index contributed by atoms with van der Waals surface area (Å²) in [5, 5.41) is 3.21. The fourth-order valence-corrected chi connectivity index (χ4v) is 5.47. The average Bonchev–Trinajstić information content (AvgIpc) is 2.52. The number of piperidine rings is 1. The van der Waals surface area contributed by atoms with Crippen LogP contribution in [0.4, 0.5) is 0 Å². The van der Waals surface area contributed by atoms with Crippen molar-refractivity contribution >= 4 is 15.9 Å². The van der Waals surface area contributed by atoms with E-state index in [0.29, 0.717) is 31.3 Å². The predicted molar refractivity (Wildman–Crippen MR) is 92.5 cm³/mol. The molecule has 5 nitrogen and oxygen atoms in total. The van der Waals surface area contributed by atoms with Crippen molar-refractivity contribution in [1.82, 2.24) is 9.62 Å². The minimum absolute atomic E-state index is 0.0485. The van der Waals surface area contributed by atoms with Gasteiger partial charge in [0.2, 0.25) is 15.9 Å². The van der Waals surface area contributed by atoms with Gasteiger partial charge in [0.05, 0.1) is 11.7 Å². The molecule has 0 aromatic rings. The van der Waals surface area contributed by atoms with Gasteiger partial charge in [-0.2, -0.15) is 0 Å². The second kappa shape index (κ2) is 7.97. The maximum atomic E-state index is 12.6. The van der Waals surface area contributed by atoms with Crippen LogP contribution >= 0.6 is 0 Å². The van der Waals surface area contributed by atoms with E-state index in [1.165, 1.54) is 10.7 Å². The van der Waals surface area contributed by atoms with Gasteiger partial charge in [-0.15, -0.1) is 0 Å². The van der Waals surface area contributed by atoms with E-state index in [1.54, 1.807) is 0 Å². The zero-order valence-corrected chi connectivity index (χ0v) is 15.6. The molecule has 0 radical (unpaired) electrons. The zero-order valence-electron chi connectivity index (χ0n) is 14.8. The van der Waals surface area contributed by atoms with Gasteiger partial charge >= 0.3 is 0 Å². The summed E-state index contributed by atoms with van der Waals surface area (Å²) in [6.07, 6.45) is 5.63. The molecule has 0 bridgehead atoms. The second-order valence-corrected chi connectivity index (χ2v) is 9.48. The van der Waals surface area contributed by atoms with Gasteiger partial charge < -0.3 is 5.32 Å². The highest BCUT2D eigenvalue weighted by Gasteiger charge is 2.34. The first-order chi connectivity index (χ1) is 10.8. The van der Waals surface area contributed by atoms with Gasteiger partial charge in [-0.1, -0.05) is 33.6 Å². The van der Waals surface area contributed by atoms with Crippen LogP contribution in [0.5, 0.6) is 0 Å². The predicted octanol–water partition coefficient (Wildman–Crippen LogP) is 2.38. The molecule has 1 amide bonds. The molecule has 1 N–H and O–H groups in total. The zero-order chi connectivity index (χ0) is 17.0. The molecule has 0 unspecified atom stereocenters. The number of nitrogens with zero attached hydrogens (tertiary/aromatic N) is 1. The van der Waals surface area contributed by atoms with Crippen LogP contribution in [-0.4, -0.2) is 43.5 Å². The van der Waals surface area contributed by atoms with Crippen LogP contribution in [0.2, 0.25) is 0 Å². The highest BCUT2D eigenvalue weighted by Crippen LogP contribution is 2.30. The summed E-state index contributed by atoms with van der Waals surface area (Å²) >= 11 is 0. The van der Waals surface area contributed by atoms with Crippen molar-refractivity contribution in [3.63, 3.8) is 0 Å².